The van der Waals surface area contributed by atoms with Gasteiger partial charge >= 0.3 is 0 Å². The monoisotopic (exact) mass is 669 g/mol. The van der Waals surface area contributed by atoms with Crippen LogP contribution in [0.5, 0.6) is 0 Å². The molecule has 252 valence electrons. The van der Waals surface area contributed by atoms with Gasteiger partial charge < -0.3 is 9.52 Å². The van der Waals surface area contributed by atoms with Crippen molar-refractivity contribution in [3.8, 4) is 0 Å². The van der Waals surface area contributed by atoms with Gasteiger partial charge in [-0.2, -0.15) is 5.01 Å². The van der Waals surface area contributed by atoms with E-state index >= 15 is 4.79 Å². The van der Waals surface area contributed by atoms with Crippen molar-refractivity contribution in [1.29, 1.82) is 0 Å². The Morgan fingerprint density at radius 2 is 1.60 bits per heavy atom. The smallest absolute Gasteiger partial charge is 0.260 e. The van der Waals surface area contributed by atoms with Gasteiger partial charge in [-0.1, -0.05) is 59.7 Å². The highest BCUT2D eigenvalue weighted by Gasteiger charge is 2.71. The number of imide groups is 2. The number of benzene rings is 3. The topological polar surface area (TPSA) is 137 Å². The van der Waals surface area contributed by atoms with E-state index in [4.69, 9.17) is 4.42 Å². The minimum Gasteiger partial charge on any atom is -0.463 e. The number of anilines is 2. The van der Waals surface area contributed by atoms with E-state index in [0.29, 0.717) is 34.0 Å². The molecule has 0 unspecified atom stereocenters. The second kappa shape index (κ2) is 11.8. The molecule has 2 saturated heterocycles. The molecule has 3 fully saturated rings. The summed E-state index contributed by atoms with van der Waals surface area (Å²) in [5.41, 5.74) is 5.46. The maximum absolute atomic E-state index is 15.1. The van der Waals surface area contributed by atoms with E-state index in [1.807, 2.05) is 55.5 Å². The Balaban J connectivity index is 1.28. The largest absolute Gasteiger partial charge is 0.463 e. The first kappa shape index (κ1) is 31.6. The molecule has 50 heavy (non-hydrogen) atoms. The molecule has 2 aliphatic heterocycles. The first-order chi connectivity index (χ1) is 24.1. The van der Waals surface area contributed by atoms with Crippen molar-refractivity contribution < 1.29 is 33.5 Å². The fourth-order valence-electron chi connectivity index (χ4n) is 8.79. The highest BCUT2D eigenvalue weighted by Crippen LogP contribution is 2.64. The Hall–Kier alpha value is -5.61. The Bertz CT molecular complexity index is 2080. The molecule has 10 nitrogen and oxygen atoms in total. The van der Waals surface area contributed by atoms with Crippen LogP contribution < -0.4 is 10.3 Å². The Labute approximate surface area is 288 Å². The van der Waals surface area contributed by atoms with E-state index in [-0.39, 0.29) is 37.0 Å². The molecule has 1 aromatic heterocycles. The first-order valence-corrected chi connectivity index (χ1v) is 16.8. The fraction of sp³-hybridized carbons (Fsp3) is 0.275. The van der Waals surface area contributed by atoms with E-state index < -0.39 is 46.8 Å². The lowest BCUT2D eigenvalue weighted by atomic mass is 9.50. The highest BCUT2D eigenvalue weighted by atomic mass is 16.4. The van der Waals surface area contributed by atoms with E-state index in [1.165, 1.54) is 11.8 Å². The van der Waals surface area contributed by atoms with E-state index in [1.54, 1.807) is 48.5 Å². The van der Waals surface area contributed by atoms with Gasteiger partial charge in [0.05, 0.1) is 35.0 Å². The molecule has 6 atom stereocenters. The lowest BCUT2D eigenvalue weighted by Gasteiger charge is -2.49. The third-order valence-corrected chi connectivity index (χ3v) is 11.0. The molecule has 4 amide bonds. The summed E-state index contributed by atoms with van der Waals surface area (Å²) in [5, 5.41) is 11.1. The van der Waals surface area contributed by atoms with Crippen molar-refractivity contribution in [1.82, 2.24) is 5.01 Å². The maximum Gasteiger partial charge on any atom is 0.260 e. The van der Waals surface area contributed by atoms with Gasteiger partial charge in [-0.25, -0.2) is 0 Å². The minimum atomic E-state index is -1.45. The second-order valence-corrected chi connectivity index (χ2v) is 13.7. The summed E-state index contributed by atoms with van der Waals surface area (Å²) in [5.74, 6) is -4.76. The van der Waals surface area contributed by atoms with Gasteiger partial charge in [-0.05, 0) is 86.7 Å². The number of allylic oxidation sites excluding steroid dienone is 2. The number of hydrazine groups is 1. The normalized spacial score (nSPS) is 27.2. The van der Waals surface area contributed by atoms with E-state index in [0.717, 1.165) is 16.1 Å². The lowest BCUT2D eigenvalue weighted by molar-refractivity contribution is -0.138. The summed E-state index contributed by atoms with van der Waals surface area (Å²) < 4.78 is 6.22. The number of Topliss-reactive ketones (excluding diaryl/α,β-unsaturated/α-hetero) is 1. The Kier molecular flexibility index (Phi) is 7.45. The summed E-state index contributed by atoms with van der Waals surface area (Å²) in [4.78, 5) is 71.3. The molecule has 0 spiro atoms. The highest BCUT2D eigenvalue weighted by molar-refractivity contribution is 6.22. The number of furan rings is 1. The molecule has 0 bridgehead atoms. The van der Waals surface area contributed by atoms with Crippen LogP contribution in [0.2, 0.25) is 0 Å². The fourth-order valence-corrected chi connectivity index (χ4v) is 8.79. The van der Waals surface area contributed by atoms with Crippen LogP contribution in [0.15, 0.2) is 107 Å². The number of aryl methyl sites for hydroxylation is 1. The van der Waals surface area contributed by atoms with Gasteiger partial charge in [0, 0.05) is 5.56 Å². The zero-order chi connectivity index (χ0) is 34.9. The number of nitrogens with zero attached hydrogens (tertiary/aromatic N) is 2. The standard InChI is InChI=1S/C40H35N3O7/c1-22-8-12-26(13-9-22)41-43-37(47)32-20-31-29(17-18-30-34(31)38(48)42(36(30)46)27-14-10-24(11-15-27)23(2)45)35(33-19-16-28(21-44)50-33)40(32,39(43)49)25-6-4-3-5-7-25/h3-17,19,30-32,34-35,41,44H,18,20-21H2,1-2H3/t30-,31+,32-,34-,35+,40+/m0/s1. The average molecular weight is 670 g/mol. The summed E-state index contributed by atoms with van der Waals surface area (Å²) in [7, 11) is 0. The van der Waals surface area contributed by atoms with Crippen molar-refractivity contribution >= 4 is 40.8 Å². The zero-order valence-corrected chi connectivity index (χ0v) is 27.5. The minimum absolute atomic E-state index is 0.128. The molecule has 0 radical (unpaired) electrons. The summed E-state index contributed by atoms with van der Waals surface area (Å²) >= 11 is 0. The third-order valence-electron chi connectivity index (χ3n) is 11.0. The maximum atomic E-state index is 15.1. The van der Waals surface area contributed by atoms with Gasteiger partial charge in [0.1, 0.15) is 23.5 Å². The van der Waals surface area contributed by atoms with Crippen molar-refractivity contribution in [3.63, 3.8) is 0 Å². The lowest BCUT2D eigenvalue weighted by Crippen LogP contribution is -2.53. The summed E-state index contributed by atoms with van der Waals surface area (Å²) in [6, 6.07) is 26.4. The number of carbonyl (C=O) groups excluding carboxylic acids is 5. The van der Waals surface area contributed by atoms with Crippen LogP contribution in [0.3, 0.4) is 0 Å². The van der Waals surface area contributed by atoms with Crippen LogP contribution in [0.25, 0.3) is 0 Å². The summed E-state index contributed by atoms with van der Waals surface area (Å²) in [6.45, 7) is 3.04. The number of aliphatic hydroxyl groups is 1. The summed E-state index contributed by atoms with van der Waals surface area (Å²) in [6.07, 6.45) is 2.37. The molecule has 10 heteroatoms. The second-order valence-electron chi connectivity index (χ2n) is 13.7. The predicted molar refractivity (Wildman–Crippen MR) is 182 cm³/mol. The molecule has 4 aliphatic rings. The number of rotatable bonds is 7. The van der Waals surface area contributed by atoms with Crippen LogP contribution in [0.4, 0.5) is 11.4 Å². The molecular weight excluding hydrogens is 634 g/mol. The van der Waals surface area contributed by atoms with Gasteiger partial charge in [-0.3, -0.25) is 34.3 Å². The number of hydrogen-bond donors (Lipinski definition) is 2. The van der Waals surface area contributed by atoms with Crippen LogP contribution >= 0.6 is 0 Å². The van der Waals surface area contributed by atoms with Crippen LogP contribution in [0.1, 0.15) is 58.7 Å². The number of aliphatic hydroxyl groups excluding tert-OH is 1. The number of nitrogens with one attached hydrogen (secondary N) is 1. The molecule has 3 aromatic carbocycles. The van der Waals surface area contributed by atoms with Gasteiger partial charge in [-0.15, -0.1) is 0 Å². The average Bonchev–Trinajstić information content (AvgIpc) is 3.77. The van der Waals surface area contributed by atoms with Gasteiger partial charge in [0.25, 0.3) is 11.8 Å². The number of amides is 4. The first-order valence-electron chi connectivity index (χ1n) is 16.8. The quantitative estimate of drug-likeness (QED) is 0.150. The van der Waals surface area contributed by atoms with Crippen molar-refractivity contribution in [2.45, 2.75) is 44.6 Å². The molecule has 3 heterocycles. The predicted octanol–water partition coefficient (Wildman–Crippen LogP) is 5.47. The molecule has 2 aliphatic carbocycles. The molecule has 8 rings (SSSR count). The SMILES string of the molecule is CC(=O)c1ccc(N2C(=O)[C@H]3[C@H](CC=C4[C@H]3C[C@H]3C(=O)N(Nc5ccc(C)cc5)C(=O)[C@@]3(c3ccccc3)[C@H]4c3ccc(CO)o3)C2=O)cc1. The van der Waals surface area contributed by atoms with Crippen molar-refractivity contribution in [3.05, 3.63) is 131 Å². The number of hydrogen-bond acceptors (Lipinski definition) is 8. The zero-order valence-electron chi connectivity index (χ0n) is 27.5. The Morgan fingerprint density at radius 3 is 2.26 bits per heavy atom. The van der Waals surface area contributed by atoms with Crippen molar-refractivity contribution in [2.24, 2.45) is 23.7 Å². The molecule has 2 N–H and O–H groups in total. The van der Waals surface area contributed by atoms with Crippen LogP contribution in [-0.2, 0) is 31.2 Å². The number of ketones is 1. The number of carbonyl (C=O) groups is 5. The van der Waals surface area contributed by atoms with Gasteiger partial charge in [0.2, 0.25) is 11.8 Å². The van der Waals surface area contributed by atoms with Crippen LogP contribution in [-0.4, -0.2) is 39.5 Å². The van der Waals surface area contributed by atoms with Crippen LogP contribution in [0, 0.1) is 30.6 Å². The Morgan fingerprint density at radius 1 is 0.880 bits per heavy atom. The van der Waals surface area contributed by atoms with E-state index in [2.05, 4.69) is 5.43 Å². The van der Waals surface area contributed by atoms with E-state index in [9.17, 15) is 24.3 Å². The molecule has 4 aromatic rings. The molecule has 1 saturated carbocycles. The van der Waals surface area contributed by atoms with Gasteiger partial charge in [0.15, 0.2) is 5.78 Å². The number of fused-ring (bicyclic) bond motifs is 4. The molecular formula is C40H35N3O7. The van der Waals surface area contributed by atoms with Crippen molar-refractivity contribution in [2.75, 3.05) is 10.3 Å². The third kappa shape index (κ3) is 4.55.